The third-order valence-electron chi connectivity index (χ3n) is 1.37. The lowest BCUT2D eigenvalue weighted by Crippen LogP contribution is -2.11. The van der Waals surface area contributed by atoms with Crippen molar-refractivity contribution in [3.8, 4) is 0 Å². The lowest BCUT2D eigenvalue weighted by Gasteiger charge is -2.11. The van der Waals surface area contributed by atoms with Gasteiger partial charge in [0.15, 0.2) is 0 Å². The van der Waals surface area contributed by atoms with E-state index in [-0.39, 0.29) is 5.89 Å². The molecule has 0 aliphatic rings. The Labute approximate surface area is 76.0 Å². The van der Waals surface area contributed by atoms with E-state index in [1.807, 2.05) is 0 Å². The summed E-state index contributed by atoms with van der Waals surface area (Å²) in [6.45, 7) is 5.36. The third-order valence-corrected chi connectivity index (χ3v) is 2.04. The molecule has 74 valence electrons. The van der Waals surface area contributed by atoms with Crippen LogP contribution in [0.1, 0.15) is 26.7 Å². The first-order valence-corrected chi connectivity index (χ1v) is 5.00. The van der Waals surface area contributed by atoms with Gasteiger partial charge in [0, 0.05) is 5.41 Å². The molecule has 1 aromatic rings. The highest BCUT2D eigenvalue weighted by Gasteiger charge is 2.24. The second-order valence-electron chi connectivity index (χ2n) is 3.67. The monoisotopic (exact) mass is 207 g/mol. The highest BCUT2D eigenvalue weighted by atomic mass is 32.3. The minimum absolute atomic E-state index is 0.198. The van der Waals surface area contributed by atoms with Gasteiger partial charge in [-0.05, 0) is 0 Å². The molecule has 0 aliphatic carbocycles. The Morgan fingerprint density at radius 2 is 2.00 bits per heavy atom. The van der Waals surface area contributed by atoms with E-state index in [9.17, 15) is 12.3 Å². The van der Waals surface area contributed by atoms with Crippen LogP contribution in [-0.2, 0) is 15.6 Å². The molecule has 0 radical (unpaired) electrons. The van der Waals surface area contributed by atoms with Crippen LogP contribution in [-0.4, -0.2) is 13.4 Å². The number of oxazole rings is 1. The average Bonchev–Trinajstić information content (AvgIpc) is 2.28. The lowest BCUT2D eigenvalue weighted by molar-refractivity contribution is 0.339. The van der Waals surface area contributed by atoms with Crippen LogP contribution in [0.15, 0.2) is 15.7 Å². The molecule has 0 aromatic carbocycles. The van der Waals surface area contributed by atoms with Gasteiger partial charge >= 0.3 is 10.2 Å². The fourth-order valence-electron chi connectivity index (χ4n) is 0.719. The molecule has 1 heterocycles. The molecule has 0 saturated carbocycles. The van der Waals surface area contributed by atoms with Gasteiger partial charge < -0.3 is 4.42 Å². The van der Waals surface area contributed by atoms with Crippen LogP contribution in [0.4, 0.5) is 3.89 Å². The van der Waals surface area contributed by atoms with E-state index in [4.69, 9.17) is 4.42 Å². The maximum Gasteiger partial charge on any atom is 0.367 e. The minimum Gasteiger partial charge on any atom is -0.426 e. The van der Waals surface area contributed by atoms with Gasteiger partial charge in [-0.15, -0.1) is 0 Å². The van der Waals surface area contributed by atoms with Crippen molar-refractivity contribution >= 4 is 10.2 Å². The van der Waals surface area contributed by atoms with Crippen LogP contribution in [0.5, 0.6) is 0 Å². The molecule has 0 atom stereocenters. The quantitative estimate of drug-likeness (QED) is 0.656. The summed E-state index contributed by atoms with van der Waals surface area (Å²) in [5, 5.41) is -0.738. The minimum atomic E-state index is -4.77. The molecule has 1 rings (SSSR count). The highest BCUT2D eigenvalue weighted by Crippen LogP contribution is 2.23. The molecule has 0 aliphatic heterocycles. The Kier molecular flexibility index (Phi) is 2.19. The molecule has 0 fully saturated rings. The predicted molar refractivity (Wildman–Crippen MR) is 43.5 cm³/mol. The van der Waals surface area contributed by atoms with Crippen molar-refractivity contribution < 1.29 is 16.7 Å². The molecular weight excluding hydrogens is 197 g/mol. The average molecular weight is 207 g/mol. The van der Waals surface area contributed by atoms with Crippen LogP contribution in [0, 0.1) is 0 Å². The van der Waals surface area contributed by atoms with Crippen LogP contribution in [0.3, 0.4) is 0 Å². The first-order chi connectivity index (χ1) is 5.71. The first-order valence-electron chi connectivity index (χ1n) is 3.62. The number of hydrogen-bond acceptors (Lipinski definition) is 4. The van der Waals surface area contributed by atoms with Gasteiger partial charge in [0.05, 0.1) is 6.20 Å². The van der Waals surface area contributed by atoms with Crippen LogP contribution in [0.25, 0.3) is 0 Å². The van der Waals surface area contributed by atoms with E-state index in [0.717, 1.165) is 6.20 Å². The molecule has 4 nitrogen and oxygen atoms in total. The lowest BCUT2D eigenvalue weighted by atomic mass is 9.97. The summed E-state index contributed by atoms with van der Waals surface area (Å²) in [6.07, 6.45) is 0.871. The number of nitrogens with zero attached hydrogens (tertiary/aromatic N) is 1. The van der Waals surface area contributed by atoms with Crippen molar-refractivity contribution in [3.63, 3.8) is 0 Å². The number of hydrogen-bond donors (Lipinski definition) is 0. The Hall–Kier alpha value is -0.910. The van der Waals surface area contributed by atoms with Crippen molar-refractivity contribution in [2.24, 2.45) is 0 Å². The zero-order valence-corrected chi connectivity index (χ0v) is 8.35. The molecule has 6 heteroatoms. The molecule has 0 amide bonds. The Balaban J connectivity index is 3.16. The van der Waals surface area contributed by atoms with Crippen LogP contribution < -0.4 is 0 Å². The number of halogens is 1. The number of aromatic nitrogens is 1. The summed E-state index contributed by atoms with van der Waals surface area (Å²) in [5.74, 6) is 0.198. The van der Waals surface area contributed by atoms with Gasteiger partial charge in [0.1, 0.15) is 0 Å². The fraction of sp³-hybridized carbons (Fsp3) is 0.571. The standard InChI is InChI=1S/C7H10FNO3S/c1-7(2,3)6-9-4-5(12-6)13(8,10)11/h4H,1-3H3. The van der Waals surface area contributed by atoms with Gasteiger partial charge in [-0.2, -0.15) is 8.42 Å². The summed E-state index contributed by atoms with van der Waals surface area (Å²) < 4.78 is 37.8. The summed E-state index contributed by atoms with van der Waals surface area (Å²) in [4.78, 5) is 3.67. The molecule has 0 bridgehead atoms. The van der Waals surface area contributed by atoms with E-state index in [2.05, 4.69) is 4.98 Å². The summed E-state index contributed by atoms with van der Waals surface area (Å²) in [6, 6.07) is 0. The Morgan fingerprint density at radius 1 is 1.46 bits per heavy atom. The van der Waals surface area contributed by atoms with E-state index in [1.54, 1.807) is 20.8 Å². The predicted octanol–water partition coefficient (Wildman–Crippen LogP) is 1.63. The second kappa shape index (κ2) is 2.80. The van der Waals surface area contributed by atoms with Crippen molar-refractivity contribution in [1.29, 1.82) is 0 Å². The SMILES string of the molecule is CC(C)(C)c1ncc(S(=O)(=O)F)o1. The summed E-state index contributed by atoms with van der Waals surface area (Å²) in [7, 11) is -4.77. The van der Waals surface area contributed by atoms with Crippen molar-refractivity contribution in [2.45, 2.75) is 31.3 Å². The Bertz CT molecular complexity index is 402. The zero-order valence-electron chi connectivity index (χ0n) is 7.54. The summed E-state index contributed by atoms with van der Waals surface area (Å²) in [5.41, 5.74) is -0.428. The van der Waals surface area contributed by atoms with Gasteiger partial charge in [-0.3, -0.25) is 0 Å². The van der Waals surface area contributed by atoms with Crippen LogP contribution in [0.2, 0.25) is 0 Å². The largest absolute Gasteiger partial charge is 0.426 e. The summed E-state index contributed by atoms with van der Waals surface area (Å²) >= 11 is 0. The molecular formula is C7H10FNO3S. The Morgan fingerprint density at radius 3 is 2.23 bits per heavy atom. The molecule has 0 spiro atoms. The van der Waals surface area contributed by atoms with Crippen molar-refractivity contribution in [2.75, 3.05) is 0 Å². The van der Waals surface area contributed by atoms with Crippen LogP contribution >= 0.6 is 0 Å². The molecule has 1 aromatic heterocycles. The van der Waals surface area contributed by atoms with Gasteiger partial charge in [-0.25, -0.2) is 4.98 Å². The first kappa shape index (κ1) is 10.2. The van der Waals surface area contributed by atoms with Crippen molar-refractivity contribution in [3.05, 3.63) is 12.1 Å². The third kappa shape index (κ3) is 2.27. The molecule has 0 unspecified atom stereocenters. The normalized spacial score (nSPS) is 13.2. The fourth-order valence-corrected chi connectivity index (χ4v) is 1.08. The zero-order chi connectivity index (χ0) is 10.3. The maximum absolute atomic E-state index is 12.4. The smallest absolute Gasteiger partial charge is 0.367 e. The van der Waals surface area contributed by atoms with E-state index in [1.165, 1.54) is 0 Å². The second-order valence-corrected chi connectivity index (χ2v) is 4.95. The molecule has 13 heavy (non-hydrogen) atoms. The van der Waals surface area contributed by atoms with E-state index in [0.29, 0.717) is 0 Å². The van der Waals surface area contributed by atoms with Gasteiger partial charge in [0.25, 0.3) is 5.09 Å². The highest BCUT2D eigenvalue weighted by molar-refractivity contribution is 7.86. The van der Waals surface area contributed by atoms with Crippen molar-refractivity contribution in [1.82, 2.24) is 4.98 Å². The topological polar surface area (TPSA) is 60.2 Å². The maximum atomic E-state index is 12.4. The van der Waals surface area contributed by atoms with Gasteiger partial charge in [0.2, 0.25) is 5.89 Å². The molecule has 0 saturated heterocycles. The number of rotatable bonds is 1. The van der Waals surface area contributed by atoms with E-state index >= 15 is 0 Å². The van der Waals surface area contributed by atoms with Gasteiger partial charge in [-0.1, -0.05) is 24.7 Å². The van der Waals surface area contributed by atoms with E-state index < -0.39 is 20.7 Å². The molecule has 0 N–H and O–H groups in total.